The van der Waals surface area contributed by atoms with E-state index in [1.165, 1.54) is 0 Å². The Morgan fingerprint density at radius 3 is 2.24 bits per heavy atom. The SMILES string of the molecule is C[C@H](C1=CC[C@@](C)(COC(=O)c2ccccc2)O1)[C@H]1C(=O)[C@@H]2O[C@@]23[C@@H]2CC[C@@]2(C)C[C@@H](OC(=O)c2ccccc2)[C@]13C. The second-order valence-electron chi connectivity index (χ2n) is 13.8. The van der Waals surface area contributed by atoms with Crippen molar-refractivity contribution in [1.29, 1.82) is 0 Å². The van der Waals surface area contributed by atoms with Crippen LogP contribution < -0.4 is 0 Å². The van der Waals surface area contributed by atoms with Gasteiger partial charge in [-0.05, 0) is 67.9 Å². The molecule has 9 atom stereocenters. The second-order valence-corrected chi connectivity index (χ2v) is 13.8. The molecule has 220 valence electrons. The maximum absolute atomic E-state index is 14.1. The molecule has 0 bridgehead atoms. The van der Waals surface area contributed by atoms with Gasteiger partial charge in [-0.3, -0.25) is 4.79 Å². The summed E-state index contributed by atoms with van der Waals surface area (Å²) in [6.45, 7) is 8.41. The normalized spacial score (nSPS) is 39.9. The van der Waals surface area contributed by atoms with Gasteiger partial charge in [-0.2, -0.15) is 0 Å². The fraction of sp³-hybridized carbons (Fsp3) is 0.514. The number of Topliss-reactive ketones (excluding diaryl/α,β-unsaturated/α-hetero) is 1. The largest absolute Gasteiger partial charge is 0.488 e. The molecule has 0 N–H and O–H groups in total. The fourth-order valence-electron chi connectivity index (χ4n) is 8.82. The first-order valence-corrected chi connectivity index (χ1v) is 15.1. The number of allylic oxidation sites excluding steroid dienone is 1. The van der Waals surface area contributed by atoms with E-state index in [9.17, 15) is 14.4 Å². The molecule has 0 aromatic heterocycles. The molecule has 7 nitrogen and oxygen atoms in total. The minimum atomic E-state index is -0.730. The Kier molecular flexibility index (Phi) is 6.05. The van der Waals surface area contributed by atoms with E-state index in [0.717, 1.165) is 18.6 Å². The summed E-state index contributed by atoms with van der Waals surface area (Å²) < 4.78 is 24.9. The number of carbonyl (C=O) groups excluding carboxylic acids is 3. The summed E-state index contributed by atoms with van der Waals surface area (Å²) in [5, 5.41) is 0. The smallest absolute Gasteiger partial charge is 0.338 e. The summed E-state index contributed by atoms with van der Waals surface area (Å²) in [7, 11) is 0. The van der Waals surface area contributed by atoms with Gasteiger partial charge in [-0.1, -0.05) is 57.2 Å². The number of ketones is 1. The van der Waals surface area contributed by atoms with E-state index in [2.05, 4.69) is 13.8 Å². The number of benzene rings is 2. The Hall–Kier alpha value is -3.45. The number of esters is 2. The van der Waals surface area contributed by atoms with Crippen molar-refractivity contribution in [3.8, 4) is 0 Å². The molecule has 2 aromatic rings. The molecular weight excluding hydrogens is 532 g/mol. The van der Waals surface area contributed by atoms with Crippen molar-refractivity contribution in [1.82, 2.24) is 0 Å². The predicted octanol–water partition coefficient (Wildman–Crippen LogP) is 5.93. The van der Waals surface area contributed by atoms with Crippen LogP contribution in [0, 0.1) is 28.6 Å². The van der Waals surface area contributed by atoms with Crippen molar-refractivity contribution in [2.45, 2.75) is 76.8 Å². The first kappa shape index (κ1) is 27.4. The zero-order valence-electron chi connectivity index (χ0n) is 24.6. The van der Waals surface area contributed by atoms with Crippen LogP contribution in [0.1, 0.15) is 74.1 Å². The molecular formula is C35H38O7. The number of carbonyl (C=O) groups is 3. The summed E-state index contributed by atoms with van der Waals surface area (Å²) in [6.07, 6.45) is 4.39. The molecule has 7 rings (SSSR count). The van der Waals surface area contributed by atoms with E-state index in [0.29, 0.717) is 24.0 Å². The van der Waals surface area contributed by atoms with Gasteiger partial charge in [0.2, 0.25) is 0 Å². The lowest BCUT2D eigenvalue weighted by Crippen LogP contribution is -2.66. The molecule has 2 heterocycles. The summed E-state index contributed by atoms with van der Waals surface area (Å²) in [6, 6.07) is 17.9. The van der Waals surface area contributed by atoms with E-state index in [4.69, 9.17) is 18.9 Å². The molecule has 3 saturated carbocycles. The van der Waals surface area contributed by atoms with Crippen LogP contribution in [0.15, 0.2) is 72.5 Å². The molecule has 3 aliphatic carbocycles. The van der Waals surface area contributed by atoms with Crippen molar-refractivity contribution in [2.24, 2.45) is 28.6 Å². The van der Waals surface area contributed by atoms with Crippen LogP contribution in [0.5, 0.6) is 0 Å². The third-order valence-corrected chi connectivity index (χ3v) is 11.2. The monoisotopic (exact) mass is 570 g/mol. The van der Waals surface area contributed by atoms with Crippen LogP contribution in [0.4, 0.5) is 0 Å². The Balaban J connectivity index is 1.13. The highest BCUT2D eigenvalue weighted by atomic mass is 16.6. The number of epoxide rings is 1. The van der Waals surface area contributed by atoms with Crippen molar-refractivity contribution in [3.05, 3.63) is 83.6 Å². The molecule has 2 aromatic carbocycles. The molecule has 0 unspecified atom stereocenters. The average Bonchev–Trinajstić information content (AvgIpc) is 3.54. The minimum absolute atomic E-state index is 0.0291. The molecule has 1 saturated heterocycles. The highest BCUT2D eigenvalue weighted by molar-refractivity contribution is 5.95. The number of fused-ring (bicyclic) bond motifs is 1. The zero-order valence-corrected chi connectivity index (χ0v) is 24.6. The van der Waals surface area contributed by atoms with Crippen LogP contribution in [-0.2, 0) is 23.7 Å². The third kappa shape index (κ3) is 3.78. The maximum Gasteiger partial charge on any atom is 0.338 e. The quantitative estimate of drug-likeness (QED) is 0.301. The van der Waals surface area contributed by atoms with Crippen molar-refractivity contribution >= 4 is 17.7 Å². The predicted molar refractivity (Wildman–Crippen MR) is 153 cm³/mol. The Labute approximate surface area is 246 Å². The number of hydrogen-bond acceptors (Lipinski definition) is 7. The lowest BCUT2D eigenvalue weighted by molar-refractivity contribution is -0.203. The van der Waals surface area contributed by atoms with Crippen LogP contribution in [0.25, 0.3) is 0 Å². The molecule has 7 heteroatoms. The van der Waals surface area contributed by atoms with Gasteiger partial charge in [0.1, 0.15) is 30.0 Å². The lowest BCUT2D eigenvalue weighted by Gasteiger charge is -2.62. The van der Waals surface area contributed by atoms with Crippen LogP contribution in [0.2, 0.25) is 0 Å². The second kappa shape index (κ2) is 9.27. The summed E-state index contributed by atoms with van der Waals surface area (Å²) in [5.74, 6) is -0.400. The molecule has 4 fully saturated rings. The van der Waals surface area contributed by atoms with Gasteiger partial charge in [0.25, 0.3) is 0 Å². The fourth-order valence-corrected chi connectivity index (χ4v) is 8.82. The van der Waals surface area contributed by atoms with E-state index in [1.807, 2.05) is 44.2 Å². The minimum Gasteiger partial charge on any atom is -0.488 e. The highest BCUT2D eigenvalue weighted by Gasteiger charge is 2.88. The maximum atomic E-state index is 14.1. The molecule has 0 amide bonds. The molecule has 42 heavy (non-hydrogen) atoms. The molecule has 0 radical (unpaired) electrons. The molecule has 1 spiro atoms. The first-order valence-electron chi connectivity index (χ1n) is 15.1. The lowest BCUT2D eigenvalue weighted by atomic mass is 9.43. The van der Waals surface area contributed by atoms with Gasteiger partial charge >= 0.3 is 11.9 Å². The first-order chi connectivity index (χ1) is 20.0. The van der Waals surface area contributed by atoms with E-state index in [-0.39, 0.29) is 35.6 Å². The highest BCUT2D eigenvalue weighted by Crippen LogP contribution is 2.78. The van der Waals surface area contributed by atoms with Crippen LogP contribution >= 0.6 is 0 Å². The topological polar surface area (TPSA) is 91.4 Å². The Bertz CT molecular complexity index is 1470. The molecule has 2 aliphatic heterocycles. The van der Waals surface area contributed by atoms with Gasteiger partial charge in [0.15, 0.2) is 5.78 Å². The number of rotatable bonds is 7. The summed E-state index contributed by atoms with van der Waals surface area (Å²) in [5.41, 5.74) is -1.09. The van der Waals surface area contributed by atoms with Gasteiger partial charge in [0, 0.05) is 23.7 Å². The summed E-state index contributed by atoms with van der Waals surface area (Å²) in [4.78, 5) is 40.1. The van der Waals surface area contributed by atoms with Gasteiger partial charge in [-0.15, -0.1) is 0 Å². The van der Waals surface area contributed by atoms with E-state index in [1.54, 1.807) is 36.4 Å². The number of hydrogen-bond donors (Lipinski definition) is 0. The standard InChI is InChI=1S/C35H38O7/c1-21(24-15-18-33(3,41-24)20-39-30(37)22-11-7-5-8-12-22)27-28(36)29-35(42-29)25-16-17-32(25,2)19-26(34(27,35)4)40-31(38)23-13-9-6-10-14-23/h5-15,21,25-27,29H,16-20H2,1-4H3/t21-,25-,26-,27+,29+,32+,33+,34-,35+/m1/s1. The summed E-state index contributed by atoms with van der Waals surface area (Å²) >= 11 is 0. The van der Waals surface area contributed by atoms with Crippen molar-refractivity contribution in [3.63, 3.8) is 0 Å². The zero-order chi connectivity index (χ0) is 29.5. The van der Waals surface area contributed by atoms with Gasteiger partial charge in [-0.25, -0.2) is 9.59 Å². The van der Waals surface area contributed by atoms with Gasteiger partial charge in [0.05, 0.1) is 16.9 Å². The van der Waals surface area contributed by atoms with Crippen LogP contribution in [-0.4, -0.2) is 47.7 Å². The number of ether oxygens (including phenoxy) is 4. The Morgan fingerprint density at radius 1 is 0.976 bits per heavy atom. The van der Waals surface area contributed by atoms with Gasteiger partial charge < -0.3 is 18.9 Å². The van der Waals surface area contributed by atoms with Crippen molar-refractivity contribution in [2.75, 3.05) is 6.61 Å². The van der Waals surface area contributed by atoms with Crippen molar-refractivity contribution < 1.29 is 33.3 Å². The van der Waals surface area contributed by atoms with E-state index >= 15 is 0 Å². The Morgan fingerprint density at radius 2 is 1.62 bits per heavy atom. The molecule has 5 aliphatic rings. The van der Waals surface area contributed by atoms with E-state index < -0.39 is 40.7 Å². The third-order valence-electron chi connectivity index (χ3n) is 11.2. The van der Waals surface area contributed by atoms with Crippen LogP contribution in [0.3, 0.4) is 0 Å². The average molecular weight is 571 g/mol.